The topological polar surface area (TPSA) is 96.1 Å². The van der Waals surface area contributed by atoms with Crippen molar-refractivity contribution in [1.82, 2.24) is 0 Å². The smallest absolute Gasteiger partial charge is 0.273 e. The Morgan fingerprint density at radius 1 is 1.58 bits per heavy atom. The van der Waals surface area contributed by atoms with Gasteiger partial charge in [0.1, 0.15) is 18.0 Å². The molecule has 1 heterocycles. The Bertz CT molecular complexity index is 493. The summed E-state index contributed by atoms with van der Waals surface area (Å²) in [6, 6.07) is 4.33. The number of rotatable bonds is 3. The Morgan fingerprint density at radius 3 is 2.89 bits per heavy atom. The highest BCUT2D eigenvalue weighted by Gasteiger charge is 2.34. The minimum absolute atomic E-state index is 0.0655. The summed E-state index contributed by atoms with van der Waals surface area (Å²) in [6.45, 7) is 2.17. The fourth-order valence-corrected chi connectivity index (χ4v) is 2.07. The molecule has 7 nitrogen and oxygen atoms in total. The molecule has 1 aliphatic heterocycles. The van der Waals surface area contributed by atoms with Gasteiger partial charge in [-0.05, 0) is 13.0 Å². The maximum absolute atomic E-state index is 10.8. The number of aliphatic hydroxyl groups is 2. The third-order valence-electron chi connectivity index (χ3n) is 3.15. The van der Waals surface area contributed by atoms with E-state index in [1.165, 1.54) is 12.1 Å². The average molecular weight is 268 g/mol. The quantitative estimate of drug-likeness (QED) is 0.613. The van der Waals surface area contributed by atoms with E-state index in [2.05, 4.69) is 0 Å². The molecule has 0 saturated carbocycles. The summed E-state index contributed by atoms with van der Waals surface area (Å²) in [5.41, 5.74) is -0.759. The van der Waals surface area contributed by atoms with Gasteiger partial charge < -0.3 is 19.8 Å². The number of nitro groups is 1. The summed E-state index contributed by atoms with van der Waals surface area (Å²) in [5.74, 6) is 0.348. The van der Waals surface area contributed by atoms with E-state index in [4.69, 9.17) is 4.74 Å². The van der Waals surface area contributed by atoms with Gasteiger partial charge in [0.25, 0.3) is 5.69 Å². The minimum Gasteiger partial charge on any atom is -0.488 e. The van der Waals surface area contributed by atoms with Crippen LogP contribution in [0.3, 0.4) is 0 Å². The molecule has 0 radical (unpaired) electrons. The van der Waals surface area contributed by atoms with Crippen LogP contribution in [-0.2, 0) is 0 Å². The molecule has 2 rings (SSSR count). The van der Waals surface area contributed by atoms with Crippen LogP contribution in [0.1, 0.15) is 6.92 Å². The largest absolute Gasteiger partial charge is 0.488 e. The molecule has 1 aliphatic rings. The SMILES string of the molecule is CCN1CC(O)(CO)COc2cc([N+](=O)[O-])ccc21. The van der Waals surface area contributed by atoms with E-state index in [1.54, 1.807) is 6.07 Å². The molecule has 0 amide bonds. The van der Waals surface area contributed by atoms with Gasteiger partial charge in [0.2, 0.25) is 0 Å². The molecule has 0 aliphatic carbocycles. The maximum Gasteiger partial charge on any atom is 0.273 e. The Morgan fingerprint density at radius 2 is 2.32 bits per heavy atom. The number of hydrogen-bond donors (Lipinski definition) is 2. The van der Waals surface area contributed by atoms with E-state index >= 15 is 0 Å². The summed E-state index contributed by atoms with van der Waals surface area (Å²) < 4.78 is 5.42. The molecule has 0 spiro atoms. The van der Waals surface area contributed by atoms with Gasteiger partial charge >= 0.3 is 0 Å². The molecular formula is C12H16N2O5. The lowest BCUT2D eigenvalue weighted by molar-refractivity contribution is -0.384. The van der Waals surface area contributed by atoms with Crippen molar-refractivity contribution in [2.75, 3.05) is 31.2 Å². The van der Waals surface area contributed by atoms with E-state index < -0.39 is 17.1 Å². The third kappa shape index (κ3) is 2.61. The number of aliphatic hydroxyl groups excluding tert-OH is 1. The first kappa shape index (κ1) is 13.6. The van der Waals surface area contributed by atoms with Gasteiger partial charge in [0.15, 0.2) is 0 Å². The number of ether oxygens (including phenoxy) is 1. The number of benzene rings is 1. The first-order valence-corrected chi connectivity index (χ1v) is 5.98. The second kappa shape index (κ2) is 5.02. The van der Waals surface area contributed by atoms with Gasteiger partial charge in [-0.1, -0.05) is 0 Å². The van der Waals surface area contributed by atoms with Crippen LogP contribution in [0.4, 0.5) is 11.4 Å². The van der Waals surface area contributed by atoms with Crippen molar-refractivity contribution in [3.05, 3.63) is 28.3 Å². The van der Waals surface area contributed by atoms with Crippen LogP contribution in [0.5, 0.6) is 5.75 Å². The summed E-state index contributed by atoms with van der Waals surface area (Å²) in [4.78, 5) is 12.1. The molecular weight excluding hydrogens is 252 g/mol. The van der Waals surface area contributed by atoms with Crippen LogP contribution in [-0.4, -0.2) is 47.0 Å². The highest BCUT2D eigenvalue weighted by atomic mass is 16.6. The number of hydrogen-bond acceptors (Lipinski definition) is 6. The number of fused-ring (bicyclic) bond motifs is 1. The molecule has 1 aromatic rings. The summed E-state index contributed by atoms with van der Waals surface area (Å²) in [6.07, 6.45) is 0. The van der Waals surface area contributed by atoms with Crippen LogP contribution < -0.4 is 9.64 Å². The Balaban J connectivity index is 2.41. The lowest BCUT2D eigenvalue weighted by atomic mass is 10.1. The number of nitro benzene ring substituents is 1. The third-order valence-corrected chi connectivity index (χ3v) is 3.15. The van der Waals surface area contributed by atoms with Crippen molar-refractivity contribution in [3.8, 4) is 5.75 Å². The molecule has 1 unspecified atom stereocenters. The van der Waals surface area contributed by atoms with Crippen LogP contribution in [0, 0.1) is 10.1 Å². The van der Waals surface area contributed by atoms with Crippen LogP contribution in [0.15, 0.2) is 18.2 Å². The second-order valence-electron chi connectivity index (χ2n) is 4.59. The Labute approximate surface area is 110 Å². The van der Waals surface area contributed by atoms with Crippen molar-refractivity contribution in [2.24, 2.45) is 0 Å². The van der Waals surface area contributed by atoms with E-state index in [0.29, 0.717) is 18.0 Å². The van der Waals surface area contributed by atoms with E-state index in [0.717, 1.165) is 0 Å². The highest BCUT2D eigenvalue weighted by molar-refractivity contribution is 5.63. The molecule has 0 bridgehead atoms. The van der Waals surface area contributed by atoms with Crippen LogP contribution in [0.25, 0.3) is 0 Å². The summed E-state index contributed by atoms with van der Waals surface area (Å²) >= 11 is 0. The van der Waals surface area contributed by atoms with Gasteiger partial charge in [0.05, 0.1) is 29.8 Å². The predicted molar refractivity (Wildman–Crippen MR) is 68.5 cm³/mol. The molecule has 0 aromatic heterocycles. The summed E-state index contributed by atoms with van der Waals surface area (Å²) in [5, 5.41) is 30.2. The molecule has 1 atom stereocenters. The van der Waals surface area contributed by atoms with Gasteiger partial charge in [-0.2, -0.15) is 0 Å². The van der Waals surface area contributed by atoms with Gasteiger partial charge in [-0.15, -0.1) is 0 Å². The van der Waals surface area contributed by atoms with Gasteiger partial charge in [-0.25, -0.2) is 0 Å². The molecule has 2 N–H and O–H groups in total. The van der Waals surface area contributed by atoms with Gasteiger partial charge in [0, 0.05) is 12.6 Å². The molecule has 104 valence electrons. The lowest BCUT2D eigenvalue weighted by Gasteiger charge is -2.29. The standard InChI is InChI=1S/C12H16N2O5/c1-2-13-6-12(16,7-15)8-19-11-5-9(14(17)18)3-4-10(11)13/h3-5,15-16H,2,6-8H2,1H3. The number of nitrogens with zero attached hydrogens (tertiary/aromatic N) is 2. The Hall–Kier alpha value is -1.86. The number of likely N-dealkylation sites (N-methyl/N-ethyl adjacent to an activating group) is 1. The van der Waals surface area contributed by atoms with E-state index in [1.807, 2.05) is 11.8 Å². The van der Waals surface area contributed by atoms with Crippen molar-refractivity contribution in [2.45, 2.75) is 12.5 Å². The molecule has 0 fully saturated rings. The highest BCUT2D eigenvalue weighted by Crippen LogP contribution is 2.35. The van der Waals surface area contributed by atoms with Crippen molar-refractivity contribution >= 4 is 11.4 Å². The normalized spacial score (nSPS) is 22.4. The molecule has 19 heavy (non-hydrogen) atoms. The second-order valence-corrected chi connectivity index (χ2v) is 4.59. The van der Waals surface area contributed by atoms with Crippen LogP contribution >= 0.6 is 0 Å². The van der Waals surface area contributed by atoms with E-state index in [9.17, 15) is 20.3 Å². The molecule has 1 aromatic carbocycles. The van der Waals surface area contributed by atoms with Gasteiger partial charge in [-0.3, -0.25) is 10.1 Å². The van der Waals surface area contributed by atoms with Crippen molar-refractivity contribution < 1.29 is 19.9 Å². The zero-order valence-corrected chi connectivity index (χ0v) is 10.6. The Kier molecular flexibility index (Phi) is 3.59. The first-order chi connectivity index (χ1) is 8.99. The first-order valence-electron chi connectivity index (χ1n) is 5.98. The average Bonchev–Trinajstić information content (AvgIpc) is 2.56. The fraction of sp³-hybridized carbons (Fsp3) is 0.500. The fourth-order valence-electron chi connectivity index (χ4n) is 2.07. The number of non-ortho nitro benzene ring substituents is 1. The maximum atomic E-state index is 10.8. The zero-order chi connectivity index (χ0) is 14.0. The lowest BCUT2D eigenvalue weighted by Crippen LogP contribution is -2.48. The van der Waals surface area contributed by atoms with E-state index in [-0.39, 0.29) is 18.8 Å². The number of anilines is 1. The van der Waals surface area contributed by atoms with Crippen molar-refractivity contribution in [3.63, 3.8) is 0 Å². The van der Waals surface area contributed by atoms with Crippen molar-refractivity contribution in [1.29, 1.82) is 0 Å². The van der Waals surface area contributed by atoms with Crippen LogP contribution in [0.2, 0.25) is 0 Å². The molecule has 7 heteroatoms. The number of β-amino-alcohol motifs (C(OH)–C–C–N with tert-alkyl or cyclic N) is 1. The minimum atomic E-state index is -1.37. The zero-order valence-electron chi connectivity index (χ0n) is 10.6. The predicted octanol–water partition coefficient (Wildman–Crippen LogP) is 0.537. The summed E-state index contributed by atoms with van der Waals surface area (Å²) in [7, 11) is 0. The monoisotopic (exact) mass is 268 g/mol. The molecule has 0 saturated heterocycles.